The first kappa shape index (κ1) is 30.9. The normalized spacial score (nSPS) is 12.2. The molecule has 0 amide bonds. The first-order valence-corrected chi connectivity index (χ1v) is 19.2. The maximum Gasteiger partial charge on any atom is 0.145 e. The van der Waals surface area contributed by atoms with Crippen molar-refractivity contribution >= 4 is 71.2 Å². The summed E-state index contributed by atoms with van der Waals surface area (Å²) in [7, 11) is 0. The van der Waals surface area contributed by atoms with Gasteiger partial charge in [0, 0.05) is 11.3 Å². The van der Waals surface area contributed by atoms with E-state index in [1.54, 1.807) is 0 Å². The molecule has 0 atom stereocenters. The van der Waals surface area contributed by atoms with Crippen molar-refractivity contribution in [3.05, 3.63) is 200 Å². The smallest absolute Gasteiger partial charge is 0.145 e. The molecule has 0 radical (unpaired) electrons. The van der Waals surface area contributed by atoms with Crippen LogP contribution in [-0.2, 0) is 0 Å². The third-order valence-corrected chi connectivity index (χ3v) is 11.7. The van der Waals surface area contributed by atoms with E-state index in [2.05, 4.69) is 210 Å². The van der Waals surface area contributed by atoms with Crippen LogP contribution < -0.4 is 4.90 Å². The maximum atomic E-state index is 5.46. The molecule has 0 N–H and O–H groups in total. The van der Waals surface area contributed by atoms with Crippen molar-refractivity contribution in [2.75, 3.05) is 4.90 Å². The Morgan fingerprint density at radius 3 is 1.57 bits per heavy atom. The van der Waals surface area contributed by atoms with E-state index in [0.717, 1.165) is 45.2 Å². The molecule has 56 heavy (non-hydrogen) atoms. The first-order chi connectivity index (χ1) is 27.8. The standard InChI is InChI=1S/C53H33N3/c1-2-19-37(20-3-1)55-47-28-10-11-29-48(47)56-52-46(27-14-30-49(52)55)54-53(56)36-31-32-44-45(33-36)51(41-26-13-18-35-16-5-7-22-39(35)41)43-24-9-8-23-42(43)50(44)40-25-12-17-34-15-4-6-21-38(34)40/h1-33H. The molecule has 0 bridgehead atoms. The van der Waals surface area contributed by atoms with E-state index in [4.69, 9.17) is 4.98 Å². The number of para-hydroxylation sites is 4. The Morgan fingerprint density at radius 1 is 0.357 bits per heavy atom. The molecule has 11 aromatic rings. The molecule has 0 saturated heterocycles. The lowest BCUT2D eigenvalue weighted by atomic mass is 9.83. The minimum atomic E-state index is 0.929. The summed E-state index contributed by atoms with van der Waals surface area (Å²) in [6.45, 7) is 0. The fourth-order valence-electron chi connectivity index (χ4n) is 9.33. The summed E-state index contributed by atoms with van der Waals surface area (Å²) in [5, 5.41) is 9.86. The van der Waals surface area contributed by atoms with Gasteiger partial charge in [-0.05, 0) is 108 Å². The zero-order valence-electron chi connectivity index (χ0n) is 30.4. The fourth-order valence-corrected chi connectivity index (χ4v) is 9.33. The van der Waals surface area contributed by atoms with E-state index < -0.39 is 0 Å². The van der Waals surface area contributed by atoms with E-state index in [1.807, 2.05) is 0 Å². The average Bonchev–Trinajstić information content (AvgIpc) is 3.66. The molecule has 10 aromatic carbocycles. The number of benzene rings is 10. The number of rotatable bonds is 4. The molecule has 0 unspecified atom stereocenters. The van der Waals surface area contributed by atoms with Crippen LogP contribution in [0.1, 0.15) is 0 Å². The van der Waals surface area contributed by atoms with Gasteiger partial charge in [0.05, 0.1) is 28.1 Å². The number of aromatic nitrogens is 2. The second-order valence-electron chi connectivity index (χ2n) is 14.7. The zero-order valence-corrected chi connectivity index (χ0v) is 30.4. The molecule has 1 aliphatic rings. The number of anilines is 3. The number of nitrogens with zero attached hydrogens (tertiary/aromatic N) is 3. The summed E-state index contributed by atoms with van der Waals surface area (Å²) in [6.07, 6.45) is 0. The largest absolute Gasteiger partial charge is 0.306 e. The van der Waals surface area contributed by atoms with E-state index in [9.17, 15) is 0 Å². The third kappa shape index (κ3) is 4.43. The van der Waals surface area contributed by atoms with Crippen LogP contribution in [0.25, 0.3) is 93.5 Å². The van der Waals surface area contributed by atoms with Crippen molar-refractivity contribution < 1.29 is 0 Å². The van der Waals surface area contributed by atoms with Gasteiger partial charge in [0.25, 0.3) is 0 Å². The summed E-state index contributed by atoms with van der Waals surface area (Å²) < 4.78 is 2.38. The first-order valence-electron chi connectivity index (χ1n) is 19.2. The highest BCUT2D eigenvalue weighted by atomic mass is 15.2. The molecule has 1 aliphatic heterocycles. The van der Waals surface area contributed by atoms with Gasteiger partial charge in [-0.3, -0.25) is 4.57 Å². The Balaban J connectivity index is 1.21. The fraction of sp³-hybridized carbons (Fsp3) is 0. The second-order valence-corrected chi connectivity index (χ2v) is 14.7. The summed E-state index contributed by atoms with van der Waals surface area (Å²) in [6, 6.07) is 72.8. The average molecular weight is 712 g/mol. The summed E-state index contributed by atoms with van der Waals surface area (Å²) in [4.78, 5) is 7.83. The quantitative estimate of drug-likeness (QED) is 0.170. The molecule has 3 heteroatoms. The lowest BCUT2D eigenvalue weighted by Crippen LogP contribution is -2.18. The van der Waals surface area contributed by atoms with Crippen LogP contribution >= 0.6 is 0 Å². The van der Waals surface area contributed by atoms with E-state index in [-0.39, 0.29) is 0 Å². The molecule has 2 heterocycles. The Kier molecular flexibility index (Phi) is 6.63. The second kappa shape index (κ2) is 12.0. The Hall–Kier alpha value is -7.49. The van der Waals surface area contributed by atoms with Gasteiger partial charge >= 0.3 is 0 Å². The molecule has 0 spiro atoms. The summed E-state index contributed by atoms with van der Waals surface area (Å²) in [5.41, 5.74) is 12.6. The van der Waals surface area contributed by atoms with Crippen LogP contribution in [0.4, 0.5) is 17.1 Å². The number of fused-ring (bicyclic) bond motifs is 6. The molecule has 3 nitrogen and oxygen atoms in total. The van der Waals surface area contributed by atoms with Crippen LogP contribution in [-0.4, -0.2) is 9.55 Å². The molecule has 0 aliphatic carbocycles. The molecule has 0 saturated carbocycles. The molecule has 0 fully saturated rings. The highest BCUT2D eigenvalue weighted by molar-refractivity contribution is 6.25. The van der Waals surface area contributed by atoms with Gasteiger partial charge in [-0.25, -0.2) is 4.98 Å². The van der Waals surface area contributed by atoms with E-state index >= 15 is 0 Å². The van der Waals surface area contributed by atoms with Crippen LogP contribution in [0, 0.1) is 0 Å². The SMILES string of the molecule is c1ccc(N2c3ccccc3-n3c(-c4ccc5c(-c6cccc7ccccc67)c6ccccc6c(-c6cccc7ccccc67)c5c4)nc4cccc2c43)cc1. The molecule has 260 valence electrons. The lowest BCUT2D eigenvalue weighted by molar-refractivity contribution is 1.06. The molecule has 1 aromatic heterocycles. The highest BCUT2D eigenvalue weighted by Gasteiger charge is 2.30. The van der Waals surface area contributed by atoms with Crippen molar-refractivity contribution in [2.24, 2.45) is 0 Å². The van der Waals surface area contributed by atoms with Crippen molar-refractivity contribution in [2.45, 2.75) is 0 Å². The Labute approximate surface area is 324 Å². The van der Waals surface area contributed by atoms with Gasteiger partial charge in [0.1, 0.15) is 5.82 Å². The number of hydrogen-bond donors (Lipinski definition) is 0. The number of imidazole rings is 1. The summed E-state index contributed by atoms with van der Waals surface area (Å²) in [5.74, 6) is 0.929. The van der Waals surface area contributed by atoms with Gasteiger partial charge in [-0.2, -0.15) is 0 Å². The van der Waals surface area contributed by atoms with Gasteiger partial charge in [0.15, 0.2) is 0 Å². The van der Waals surface area contributed by atoms with Crippen LogP contribution in [0.2, 0.25) is 0 Å². The molecular weight excluding hydrogens is 679 g/mol. The predicted octanol–water partition coefficient (Wildman–Crippen LogP) is 14.4. The Morgan fingerprint density at radius 2 is 0.875 bits per heavy atom. The monoisotopic (exact) mass is 711 g/mol. The minimum absolute atomic E-state index is 0.929. The lowest BCUT2D eigenvalue weighted by Gasteiger charge is -2.32. The topological polar surface area (TPSA) is 21.1 Å². The third-order valence-electron chi connectivity index (χ3n) is 11.7. The van der Waals surface area contributed by atoms with Gasteiger partial charge < -0.3 is 4.90 Å². The highest BCUT2D eigenvalue weighted by Crippen LogP contribution is 2.50. The van der Waals surface area contributed by atoms with E-state index in [0.29, 0.717) is 0 Å². The predicted molar refractivity (Wildman–Crippen MR) is 236 cm³/mol. The van der Waals surface area contributed by atoms with Crippen LogP contribution in [0.5, 0.6) is 0 Å². The van der Waals surface area contributed by atoms with Crippen molar-refractivity contribution in [3.63, 3.8) is 0 Å². The van der Waals surface area contributed by atoms with Gasteiger partial charge in [0.2, 0.25) is 0 Å². The molecular formula is C53H33N3. The van der Waals surface area contributed by atoms with Crippen LogP contribution in [0.3, 0.4) is 0 Å². The van der Waals surface area contributed by atoms with E-state index in [1.165, 1.54) is 65.3 Å². The Bertz CT molecular complexity index is 3370. The van der Waals surface area contributed by atoms with Crippen molar-refractivity contribution in [3.8, 4) is 39.3 Å². The number of hydrogen-bond acceptors (Lipinski definition) is 2. The van der Waals surface area contributed by atoms with Crippen molar-refractivity contribution in [1.82, 2.24) is 9.55 Å². The maximum absolute atomic E-state index is 5.46. The van der Waals surface area contributed by atoms with Gasteiger partial charge in [-0.15, -0.1) is 0 Å². The van der Waals surface area contributed by atoms with Gasteiger partial charge in [-0.1, -0.05) is 158 Å². The summed E-state index contributed by atoms with van der Waals surface area (Å²) >= 11 is 0. The van der Waals surface area contributed by atoms with Crippen molar-refractivity contribution in [1.29, 1.82) is 0 Å². The zero-order chi connectivity index (χ0) is 36.7. The molecule has 12 rings (SSSR count). The van der Waals surface area contributed by atoms with Crippen LogP contribution in [0.15, 0.2) is 200 Å². The minimum Gasteiger partial charge on any atom is -0.306 e.